The van der Waals surface area contributed by atoms with Crippen LogP contribution in [0.1, 0.15) is 11.1 Å². The Hall–Kier alpha value is -2.80. The molecule has 0 N–H and O–H groups in total. The van der Waals surface area contributed by atoms with E-state index in [-0.39, 0.29) is 22.7 Å². The molecule has 3 rings (SSSR count). The lowest BCUT2D eigenvalue weighted by atomic mass is 10.2. The first-order valence-electron chi connectivity index (χ1n) is 8.07. The van der Waals surface area contributed by atoms with E-state index in [1.807, 2.05) is 0 Å². The third kappa shape index (κ3) is 3.98. The van der Waals surface area contributed by atoms with Gasteiger partial charge in [0.2, 0.25) is 0 Å². The molecule has 7 heteroatoms. The van der Waals surface area contributed by atoms with Crippen molar-refractivity contribution in [3.8, 4) is 0 Å². The van der Waals surface area contributed by atoms with Crippen LogP contribution in [0.4, 0.5) is 18.9 Å². The zero-order valence-electron chi connectivity index (χ0n) is 14.4. The first-order chi connectivity index (χ1) is 12.8. The molecule has 0 aliphatic heterocycles. The summed E-state index contributed by atoms with van der Waals surface area (Å²) in [5, 5.41) is 0. The second-order valence-corrected chi connectivity index (χ2v) is 7.85. The fourth-order valence-electron chi connectivity index (χ4n) is 2.57. The van der Waals surface area contributed by atoms with Crippen molar-refractivity contribution in [3.05, 3.63) is 95.3 Å². The van der Waals surface area contributed by atoms with Gasteiger partial charge in [0.05, 0.1) is 17.1 Å². The minimum atomic E-state index is -4.18. The molecule has 0 unspecified atom stereocenters. The first kappa shape index (κ1) is 19.0. The van der Waals surface area contributed by atoms with Crippen LogP contribution in [0.15, 0.2) is 71.6 Å². The van der Waals surface area contributed by atoms with Crippen molar-refractivity contribution in [2.75, 3.05) is 4.31 Å². The highest BCUT2D eigenvalue weighted by Crippen LogP contribution is 2.28. The van der Waals surface area contributed by atoms with Gasteiger partial charge in [0.25, 0.3) is 10.0 Å². The summed E-state index contributed by atoms with van der Waals surface area (Å²) in [6.45, 7) is 1.21. The molecule has 27 heavy (non-hydrogen) atoms. The fourth-order valence-corrected chi connectivity index (χ4v) is 4.00. The number of aryl methyl sites for hydroxylation is 1. The summed E-state index contributed by atoms with van der Waals surface area (Å²) in [5.74, 6) is -1.75. The smallest absolute Gasteiger partial charge is 0.262 e. The van der Waals surface area contributed by atoms with Gasteiger partial charge >= 0.3 is 0 Å². The van der Waals surface area contributed by atoms with Gasteiger partial charge in [-0.25, -0.2) is 21.6 Å². The number of hydrogen-bond acceptors (Lipinski definition) is 2. The van der Waals surface area contributed by atoms with Gasteiger partial charge in [-0.15, -0.1) is 0 Å². The van der Waals surface area contributed by atoms with Crippen molar-refractivity contribution in [2.24, 2.45) is 0 Å². The van der Waals surface area contributed by atoms with Crippen molar-refractivity contribution in [1.82, 2.24) is 0 Å². The van der Waals surface area contributed by atoms with E-state index in [1.165, 1.54) is 30.3 Å². The molecule has 0 saturated carbocycles. The maximum absolute atomic E-state index is 14.1. The van der Waals surface area contributed by atoms with Crippen molar-refractivity contribution in [1.29, 1.82) is 0 Å². The standard InChI is InChI=1S/C20H16F3NO2S/c1-14-6-9-17(12-20(14)23)24(13-15-4-2-3-5-19(15)22)27(25,26)18-10-7-16(21)8-11-18/h2-12H,13H2,1H3. The van der Waals surface area contributed by atoms with Gasteiger partial charge in [-0.3, -0.25) is 4.31 Å². The van der Waals surface area contributed by atoms with Crippen molar-refractivity contribution in [2.45, 2.75) is 18.4 Å². The summed E-state index contributed by atoms with van der Waals surface area (Å²) in [6, 6.07) is 14.0. The highest BCUT2D eigenvalue weighted by molar-refractivity contribution is 7.92. The van der Waals surface area contributed by atoms with Crippen LogP contribution in [0.2, 0.25) is 0 Å². The van der Waals surface area contributed by atoms with Crippen molar-refractivity contribution < 1.29 is 21.6 Å². The first-order valence-corrected chi connectivity index (χ1v) is 9.51. The lowest BCUT2D eigenvalue weighted by Crippen LogP contribution is -2.31. The van der Waals surface area contributed by atoms with Gasteiger partial charge in [0, 0.05) is 5.56 Å². The van der Waals surface area contributed by atoms with Crippen LogP contribution in [0.5, 0.6) is 0 Å². The van der Waals surface area contributed by atoms with Gasteiger partial charge in [-0.05, 0) is 55.0 Å². The Bertz CT molecular complexity index is 1070. The van der Waals surface area contributed by atoms with Crippen LogP contribution in [0, 0.1) is 24.4 Å². The number of benzene rings is 3. The predicted molar refractivity (Wildman–Crippen MR) is 97.3 cm³/mol. The van der Waals surface area contributed by atoms with Gasteiger partial charge in [-0.1, -0.05) is 24.3 Å². The highest BCUT2D eigenvalue weighted by atomic mass is 32.2. The van der Waals surface area contributed by atoms with E-state index in [0.29, 0.717) is 5.56 Å². The molecule has 0 radical (unpaired) electrons. The molecule has 3 aromatic rings. The largest absolute Gasteiger partial charge is 0.264 e. The number of rotatable bonds is 5. The quantitative estimate of drug-likeness (QED) is 0.626. The summed E-state index contributed by atoms with van der Waals surface area (Å²) in [4.78, 5) is -0.179. The molecule has 0 saturated heterocycles. The Kier molecular flexibility index (Phi) is 5.23. The fraction of sp³-hybridized carbons (Fsp3) is 0.100. The average Bonchev–Trinajstić information content (AvgIpc) is 2.64. The van der Waals surface area contributed by atoms with E-state index in [4.69, 9.17) is 0 Å². The SMILES string of the molecule is Cc1ccc(N(Cc2ccccc2F)S(=O)(=O)c2ccc(F)cc2)cc1F. The van der Waals surface area contributed by atoms with E-state index in [0.717, 1.165) is 34.6 Å². The van der Waals surface area contributed by atoms with Crippen LogP contribution in [0.25, 0.3) is 0 Å². The zero-order chi connectivity index (χ0) is 19.6. The summed E-state index contributed by atoms with van der Waals surface area (Å²) in [5.41, 5.74) is 0.526. The van der Waals surface area contributed by atoms with Crippen molar-refractivity contribution in [3.63, 3.8) is 0 Å². The Morgan fingerprint density at radius 2 is 1.52 bits per heavy atom. The molecule has 0 fully saturated rings. The van der Waals surface area contributed by atoms with Gasteiger partial charge < -0.3 is 0 Å². The van der Waals surface area contributed by atoms with E-state index < -0.39 is 27.5 Å². The van der Waals surface area contributed by atoms with Crippen LogP contribution >= 0.6 is 0 Å². The maximum Gasteiger partial charge on any atom is 0.264 e. The zero-order valence-corrected chi connectivity index (χ0v) is 15.2. The second-order valence-electron chi connectivity index (χ2n) is 5.99. The minimum absolute atomic E-state index is 0.0469. The molecule has 0 aliphatic carbocycles. The number of halogens is 3. The van der Waals surface area contributed by atoms with Crippen LogP contribution in [-0.4, -0.2) is 8.42 Å². The number of anilines is 1. The lowest BCUT2D eigenvalue weighted by Gasteiger charge is -2.25. The molecule has 0 bridgehead atoms. The number of hydrogen-bond donors (Lipinski definition) is 0. The molecule has 0 amide bonds. The molecule has 0 aromatic heterocycles. The normalized spacial score (nSPS) is 11.4. The minimum Gasteiger partial charge on any atom is -0.262 e. The molecule has 3 aromatic carbocycles. The summed E-state index contributed by atoms with van der Waals surface area (Å²) < 4.78 is 68.5. The summed E-state index contributed by atoms with van der Waals surface area (Å²) in [7, 11) is -4.18. The van der Waals surface area contributed by atoms with Gasteiger partial charge in [-0.2, -0.15) is 0 Å². The lowest BCUT2D eigenvalue weighted by molar-refractivity contribution is 0.583. The van der Waals surface area contributed by atoms with Gasteiger partial charge in [0.15, 0.2) is 0 Å². The number of sulfonamides is 1. The molecular formula is C20H16F3NO2S. The maximum atomic E-state index is 14.1. The van der Waals surface area contributed by atoms with Crippen LogP contribution in [0.3, 0.4) is 0 Å². The Balaban J connectivity index is 2.12. The molecular weight excluding hydrogens is 375 g/mol. The second kappa shape index (κ2) is 7.44. The Morgan fingerprint density at radius 1 is 0.852 bits per heavy atom. The third-order valence-electron chi connectivity index (χ3n) is 4.12. The molecule has 0 aliphatic rings. The van der Waals surface area contributed by atoms with Gasteiger partial charge in [0.1, 0.15) is 17.5 Å². The topological polar surface area (TPSA) is 37.4 Å². The predicted octanol–water partition coefficient (Wildman–Crippen LogP) is 4.81. The molecule has 0 spiro atoms. The Morgan fingerprint density at radius 3 is 2.15 bits per heavy atom. The summed E-state index contributed by atoms with van der Waals surface area (Å²) >= 11 is 0. The average molecular weight is 391 g/mol. The third-order valence-corrected chi connectivity index (χ3v) is 5.90. The van der Waals surface area contributed by atoms with E-state index in [9.17, 15) is 21.6 Å². The Labute approximate surface area is 155 Å². The molecule has 0 atom stereocenters. The highest BCUT2D eigenvalue weighted by Gasteiger charge is 2.26. The monoisotopic (exact) mass is 391 g/mol. The van der Waals surface area contributed by atoms with E-state index >= 15 is 0 Å². The van der Waals surface area contributed by atoms with E-state index in [2.05, 4.69) is 0 Å². The van der Waals surface area contributed by atoms with Crippen molar-refractivity contribution >= 4 is 15.7 Å². The van der Waals surface area contributed by atoms with E-state index in [1.54, 1.807) is 13.0 Å². The molecule has 140 valence electrons. The number of nitrogens with zero attached hydrogens (tertiary/aromatic N) is 1. The molecule has 3 nitrogen and oxygen atoms in total. The van der Waals surface area contributed by atoms with Crippen LogP contribution in [-0.2, 0) is 16.6 Å². The summed E-state index contributed by atoms with van der Waals surface area (Å²) in [6.07, 6.45) is 0. The molecule has 0 heterocycles. The van der Waals surface area contributed by atoms with Crippen LogP contribution < -0.4 is 4.31 Å².